The highest BCUT2D eigenvalue weighted by Crippen LogP contribution is 2.50. The fraction of sp³-hybridized carbons (Fsp3) is 0.387. The molecule has 232 valence electrons. The van der Waals surface area contributed by atoms with Crippen LogP contribution in [0.5, 0.6) is 0 Å². The van der Waals surface area contributed by atoms with Crippen LogP contribution in [0.25, 0.3) is 0 Å². The Kier molecular flexibility index (Phi) is 11.4. The number of hydrogen-bond acceptors (Lipinski definition) is 10. The van der Waals surface area contributed by atoms with Gasteiger partial charge in [-0.05, 0) is 61.6 Å². The highest BCUT2D eigenvalue weighted by atomic mass is 32.3. The number of carbonyl (C=O) groups excluding carboxylic acids is 2. The Morgan fingerprint density at radius 3 is 2.56 bits per heavy atom. The number of rotatable bonds is 13. The smallest absolute Gasteiger partial charge is 0.339 e. The van der Waals surface area contributed by atoms with Crippen molar-refractivity contribution in [2.45, 2.75) is 44.9 Å². The van der Waals surface area contributed by atoms with E-state index < -0.39 is 28.9 Å². The zero-order chi connectivity index (χ0) is 30.8. The second-order valence-electron chi connectivity index (χ2n) is 10.5. The molecule has 4 rings (SSSR count). The van der Waals surface area contributed by atoms with E-state index in [9.17, 15) is 23.8 Å². The van der Waals surface area contributed by atoms with Crippen LogP contribution in [0, 0.1) is 0 Å². The van der Waals surface area contributed by atoms with Gasteiger partial charge in [0.2, 0.25) is 0 Å². The topological polar surface area (TPSA) is 156 Å². The van der Waals surface area contributed by atoms with Crippen molar-refractivity contribution in [2.75, 3.05) is 42.1 Å². The number of aliphatic hydroxyl groups is 1. The van der Waals surface area contributed by atoms with Crippen LogP contribution in [0.4, 0.5) is 11.4 Å². The minimum atomic E-state index is -2.97. The summed E-state index contributed by atoms with van der Waals surface area (Å²) in [6, 6.07) is 15.9. The molecule has 12 heteroatoms. The van der Waals surface area contributed by atoms with Crippen molar-refractivity contribution < 1.29 is 28.5 Å². The van der Waals surface area contributed by atoms with Crippen LogP contribution in [-0.4, -0.2) is 75.7 Å². The third-order valence-corrected chi connectivity index (χ3v) is 9.14. The molecule has 2 atom stereocenters. The van der Waals surface area contributed by atoms with Crippen LogP contribution in [-0.2, 0) is 17.7 Å². The van der Waals surface area contributed by atoms with Crippen LogP contribution in [0.2, 0.25) is 0 Å². The van der Waals surface area contributed by atoms with E-state index in [2.05, 4.69) is 20.9 Å². The van der Waals surface area contributed by atoms with E-state index in [-0.39, 0.29) is 12.5 Å². The number of nitrogens with one attached hydrogen (secondary N) is 3. The SMILES string of the molecule is CCNc1cc(C(=O)N[C@@H](Cc2ccccc2)[C@H](O)CNCc2cncc(C(=O)OC)c2)cc(N2CCCCS2(O)O)c1. The minimum absolute atomic E-state index is 0.164. The number of nitrogens with zero attached hydrogens (tertiary/aromatic N) is 2. The Morgan fingerprint density at radius 1 is 1.05 bits per heavy atom. The number of ether oxygens (including phenoxy) is 1. The molecule has 1 aromatic heterocycles. The molecule has 0 saturated carbocycles. The van der Waals surface area contributed by atoms with E-state index in [1.165, 1.54) is 13.3 Å². The molecule has 1 aliphatic rings. The fourth-order valence-electron chi connectivity index (χ4n) is 5.02. The molecule has 1 saturated heterocycles. The molecule has 0 radical (unpaired) electrons. The fourth-order valence-corrected chi connectivity index (χ4v) is 6.70. The summed E-state index contributed by atoms with van der Waals surface area (Å²) in [5, 5.41) is 20.7. The Labute approximate surface area is 254 Å². The number of anilines is 2. The molecule has 2 heterocycles. The molecule has 0 aliphatic carbocycles. The lowest BCUT2D eigenvalue weighted by molar-refractivity contribution is 0.0600. The van der Waals surface area contributed by atoms with Gasteiger partial charge in [0.05, 0.1) is 36.3 Å². The molecular formula is C31H41N5O6S. The Balaban J connectivity index is 1.51. The minimum Gasteiger partial charge on any atom is -0.465 e. The maximum atomic E-state index is 13.7. The van der Waals surface area contributed by atoms with Crippen molar-refractivity contribution in [2.24, 2.45) is 0 Å². The number of pyridine rings is 1. The molecule has 3 aromatic rings. The maximum Gasteiger partial charge on any atom is 0.339 e. The number of aliphatic hydroxyl groups excluding tert-OH is 1. The number of aromatic nitrogens is 1. The standard InChI is InChI=1S/C31H41N5O6S/c1-3-34-26-15-24(16-27(17-26)36-11-7-8-12-43(36,40)41)30(38)35-28(14-22-9-5-4-6-10-22)29(37)21-33-19-23-13-25(20-32-18-23)31(39)42-2/h4-6,9-10,13,15-18,20,28-29,33-34,37,40-41H,3,7-8,11-12,14,19,21H2,1-2H3,(H,35,38)/t28-,29+/m0/s1. The number of carbonyl (C=O) groups is 2. The van der Waals surface area contributed by atoms with Gasteiger partial charge in [-0.25, -0.2) is 4.79 Å². The summed E-state index contributed by atoms with van der Waals surface area (Å²) in [4.78, 5) is 29.6. The van der Waals surface area contributed by atoms with Crippen LogP contribution in [0.3, 0.4) is 0 Å². The van der Waals surface area contributed by atoms with Gasteiger partial charge < -0.3 is 25.8 Å². The highest BCUT2D eigenvalue weighted by Gasteiger charge is 2.28. The summed E-state index contributed by atoms with van der Waals surface area (Å²) >= 11 is 0. The van der Waals surface area contributed by atoms with Gasteiger partial charge in [-0.2, -0.15) is 0 Å². The molecule has 6 N–H and O–H groups in total. The first-order valence-electron chi connectivity index (χ1n) is 14.4. The van der Waals surface area contributed by atoms with Gasteiger partial charge in [-0.3, -0.25) is 23.2 Å². The molecule has 0 spiro atoms. The average Bonchev–Trinajstić information content (AvgIpc) is 3.00. The Bertz CT molecular complexity index is 1380. The molecule has 0 unspecified atom stereocenters. The van der Waals surface area contributed by atoms with Gasteiger partial charge in [0.1, 0.15) is 0 Å². The summed E-state index contributed by atoms with van der Waals surface area (Å²) < 4.78 is 27.8. The van der Waals surface area contributed by atoms with Crippen LogP contribution in [0.1, 0.15) is 51.6 Å². The van der Waals surface area contributed by atoms with Crippen molar-refractivity contribution in [3.8, 4) is 0 Å². The Hall–Kier alpha value is -3.68. The number of methoxy groups -OCH3 is 1. The average molecular weight is 612 g/mol. The number of esters is 1. The van der Waals surface area contributed by atoms with Gasteiger partial charge in [0.25, 0.3) is 5.91 Å². The summed E-state index contributed by atoms with van der Waals surface area (Å²) in [6.45, 7) is 3.56. The number of benzene rings is 2. The first kappa shape index (κ1) is 32.2. The molecule has 2 aromatic carbocycles. The molecular weight excluding hydrogens is 570 g/mol. The van der Waals surface area contributed by atoms with Gasteiger partial charge in [-0.15, -0.1) is 10.8 Å². The third-order valence-electron chi connectivity index (χ3n) is 7.21. The summed E-state index contributed by atoms with van der Waals surface area (Å²) in [7, 11) is -1.67. The monoisotopic (exact) mass is 611 g/mol. The predicted molar refractivity (Wildman–Crippen MR) is 170 cm³/mol. The van der Waals surface area contributed by atoms with Crippen LogP contribution < -0.4 is 20.3 Å². The zero-order valence-corrected chi connectivity index (χ0v) is 25.3. The maximum absolute atomic E-state index is 13.7. The van der Waals surface area contributed by atoms with E-state index >= 15 is 0 Å². The second kappa shape index (κ2) is 15.2. The van der Waals surface area contributed by atoms with Gasteiger partial charge in [0, 0.05) is 49.8 Å². The second-order valence-corrected chi connectivity index (χ2v) is 12.6. The highest BCUT2D eigenvalue weighted by molar-refractivity contribution is 8.25. The van der Waals surface area contributed by atoms with E-state index in [1.807, 2.05) is 43.3 Å². The summed E-state index contributed by atoms with van der Waals surface area (Å²) in [5.41, 5.74) is 3.63. The molecule has 1 aliphatic heterocycles. The first-order valence-corrected chi connectivity index (χ1v) is 16.1. The summed E-state index contributed by atoms with van der Waals surface area (Å²) in [5.74, 6) is -0.572. The lowest BCUT2D eigenvalue weighted by atomic mass is 10.00. The van der Waals surface area contributed by atoms with Crippen molar-refractivity contribution in [3.05, 3.63) is 89.2 Å². The van der Waals surface area contributed by atoms with Gasteiger partial charge in [-0.1, -0.05) is 30.3 Å². The van der Waals surface area contributed by atoms with Crippen molar-refractivity contribution in [1.82, 2.24) is 15.6 Å². The van der Waals surface area contributed by atoms with Gasteiger partial charge in [0.15, 0.2) is 0 Å². The first-order chi connectivity index (χ1) is 20.7. The third kappa shape index (κ3) is 8.91. The van der Waals surface area contributed by atoms with Gasteiger partial charge >= 0.3 is 5.97 Å². The largest absolute Gasteiger partial charge is 0.465 e. The van der Waals surface area contributed by atoms with E-state index in [1.54, 1.807) is 28.7 Å². The number of hydrogen-bond donors (Lipinski definition) is 6. The molecule has 11 nitrogen and oxygen atoms in total. The molecule has 43 heavy (non-hydrogen) atoms. The van der Waals surface area contributed by atoms with Crippen molar-refractivity contribution in [1.29, 1.82) is 0 Å². The van der Waals surface area contributed by atoms with E-state index in [0.29, 0.717) is 54.3 Å². The number of amides is 1. The zero-order valence-electron chi connectivity index (χ0n) is 24.5. The molecule has 1 fully saturated rings. The summed E-state index contributed by atoms with van der Waals surface area (Å²) in [6.07, 6.45) is 4.05. The quantitative estimate of drug-likeness (QED) is 0.156. The lowest BCUT2D eigenvalue weighted by Crippen LogP contribution is -2.48. The van der Waals surface area contributed by atoms with Crippen LogP contribution >= 0.6 is 10.8 Å². The van der Waals surface area contributed by atoms with E-state index in [4.69, 9.17) is 4.74 Å². The Morgan fingerprint density at radius 2 is 1.84 bits per heavy atom. The van der Waals surface area contributed by atoms with E-state index in [0.717, 1.165) is 24.0 Å². The predicted octanol–water partition coefficient (Wildman–Crippen LogP) is 4.06. The molecule has 0 bridgehead atoms. The van der Waals surface area contributed by atoms with Crippen LogP contribution in [0.15, 0.2) is 67.0 Å². The normalized spacial score (nSPS) is 16.5. The lowest BCUT2D eigenvalue weighted by Gasteiger charge is -2.47. The van der Waals surface area contributed by atoms with Crippen molar-refractivity contribution >= 4 is 34.0 Å². The van der Waals surface area contributed by atoms with Crippen molar-refractivity contribution in [3.63, 3.8) is 0 Å². The molecule has 1 amide bonds.